The summed E-state index contributed by atoms with van der Waals surface area (Å²) >= 11 is 5.72. The molecule has 19 heavy (non-hydrogen) atoms. The van der Waals surface area contributed by atoms with E-state index in [1.807, 2.05) is 12.1 Å². The van der Waals surface area contributed by atoms with Gasteiger partial charge in [-0.1, -0.05) is 12.1 Å². The Morgan fingerprint density at radius 1 is 1.37 bits per heavy atom. The van der Waals surface area contributed by atoms with Gasteiger partial charge in [-0.15, -0.1) is 11.6 Å². The van der Waals surface area contributed by atoms with Crippen molar-refractivity contribution < 1.29 is 4.79 Å². The summed E-state index contributed by atoms with van der Waals surface area (Å²) in [5.74, 6) is 0.500. The van der Waals surface area contributed by atoms with E-state index in [4.69, 9.17) is 16.9 Å². The number of hydrogen-bond donors (Lipinski definition) is 1. The number of benzene rings is 1. The molecule has 0 atom stereocenters. The summed E-state index contributed by atoms with van der Waals surface area (Å²) in [5.41, 5.74) is 1.84. The Morgan fingerprint density at radius 2 is 2.21 bits per heavy atom. The van der Waals surface area contributed by atoms with Crippen molar-refractivity contribution in [2.45, 2.75) is 5.88 Å². The maximum absolute atomic E-state index is 12.0. The van der Waals surface area contributed by atoms with Crippen LogP contribution in [0.25, 0.3) is 0 Å². The van der Waals surface area contributed by atoms with E-state index in [0.717, 1.165) is 5.56 Å². The Labute approximate surface area is 115 Å². The molecule has 0 bridgehead atoms. The average Bonchev–Trinajstić information content (AvgIpc) is 2.48. The number of rotatable bonds is 3. The molecular weight excluding hydrogens is 262 g/mol. The molecule has 0 saturated heterocycles. The van der Waals surface area contributed by atoms with Gasteiger partial charge in [-0.25, -0.2) is 4.98 Å². The van der Waals surface area contributed by atoms with E-state index in [9.17, 15) is 4.79 Å². The second-order valence-corrected chi connectivity index (χ2v) is 4.10. The lowest BCUT2D eigenvalue weighted by atomic mass is 10.1. The van der Waals surface area contributed by atoms with Gasteiger partial charge in [0.2, 0.25) is 0 Å². The third kappa shape index (κ3) is 3.30. The van der Waals surface area contributed by atoms with Crippen LogP contribution in [-0.4, -0.2) is 10.9 Å². The van der Waals surface area contributed by atoms with E-state index in [1.54, 1.807) is 30.3 Å². The van der Waals surface area contributed by atoms with Crippen LogP contribution in [0.4, 0.5) is 5.82 Å². The average molecular weight is 272 g/mol. The number of pyridine rings is 1. The SMILES string of the molecule is N#Cc1ccc(NC(=O)c2cccc(CCl)c2)nc1. The molecule has 2 rings (SSSR count). The summed E-state index contributed by atoms with van der Waals surface area (Å²) in [6.07, 6.45) is 1.41. The highest BCUT2D eigenvalue weighted by molar-refractivity contribution is 6.17. The maximum Gasteiger partial charge on any atom is 0.256 e. The van der Waals surface area contributed by atoms with Crippen LogP contribution in [0.2, 0.25) is 0 Å². The third-order valence-electron chi connectivity index (χ3n) is 2.48. The van der Waals surface area contributed by atoms with Crippen molar-refractivity contribution in [1.29, 1.82) is 5.26 Å². The number of carbonyl (C=O) groups is 1. The number of amides is 1. The molecule has 0 saturated carbocycles. The number of nitrogens with zero attached hydrogens (tertiary/aromatic N) is 2. The second-order valence-electron chi connectivity index (χ2n) is 3.83. The molecule has 1 N–H and O–H groups in total. The van der Waals surface area contributed by atoms with Gasteiger partial charge in [0.05, 0.1) is 5.56 Å². The van der Waals surface area contributed by atoms with Crippen molar-refractivity contribution in [3.63, 3.8) is 0 Å². The molecule has 2 aromatic rings. The fourth-order valence-corrected chi connectivity index (χ4v) is 1.68. The Morgan fingerprint density at radius 3 is 2.84 bits per heavy atom. The van der Waals surface area contributed by atoms with Crippen LogP contribution in [0.1, 0.15) is 21.5 Å². The summed E-state index contributed by atoms with van der Waals surface area (Å²) < 4.78 is 0. The largest absolute Gasteiger partial charge is 0.307 e. The normalized spacial score (nSPS) is 9.68. The summed E-state index contributed by atoms with van der Waals surface area (Å²) in [5, 5.41) is 11.3. The van der Waals surface area contributed by atoms with Crippen LogP contribution < -0.4 is 5.32 Å². The minimum Gasteiger partial charge on any atom is -0.307 e. The smallest absolute Gasteiger partial charge is 0.256 e. The Hall–Kier alpha value is -2.38. The Kier molecular flexibility index (Phi) is 4.11. The van der Waals surface area contributed by atoms with E-state index >= 15 is 0 Å². The summed E-state index contributed by atoms with van der Waals surface area (Å²) in [7, 11) is 0. The predicted octanol–water partition coefficient (Wildman–Crippen LogP) is 2.94. The van der Waals surface area contributed by atoms with Gasteiger partial charge >= 0.3 is 0 Å². The Balaban J connectivity index is 2.13. The van der Waals surface area contributed by atoms with Crippen molar-refractivity contribution >= 4 is 23.3 Å². The minimum absolute atomic E-state index is 0.260. The molecule has 0 aliphatic heterocycles. The quantitative estimate of drug-likeness (QED) is 0.873. The van der Waals surface area contributed by atoms with Crippen molar-refractivity contribution in [1.82, 2.24) is 4.98 Å². The summed E-state index contributed by atoms with van der Waals surface area (Å²) in [6, 6.07) is 12.2. The van der Waals surface area contributed by atoms with E-state index in [1.165, 1.54) is 6.20 Å². The van der Waals surface area contributed by atoms with Crippen molar-refractivity contribution in [3.05, 3.63) is 59.3 Å². The number of nitriles is 1. The van der Waals surface area contributed by atoms with Gasteiger partial charge in [-0.3, -0.25) is 4.79 Å². The molecule has 0 spiro atoms. The van der Waals surface area contributed by atoms with Crippen LogP contribution in [0.5, 0.6) is 0 Å². The molecule has 1 aromatic carbocycles. The van der Waals surface area contributed by atoms with Crippen LogP contribution in [0, 0.1) is 11.3 Å². The second kappa shape index (κ2) is 5.98. The highest BCUT2D eigenvalue weighted by Gasteiger charge is 2.07. The van der Waals surface area contributed by atoms with Crippen LogP contribution in [-0.2, 0) is 5.88 Å². The lowest BCUT2D eigenvalue weighted by molar-refractivity contribution is 0.102. The zero-order chi connectivity index (χ0) is 13.7. The number of aromatic nitrogens is 1. The number of carbonyl (C=O) groups excluding carboxylic acids is 1. The van der Waals surface area contributed by atoms with E-state index < -0.39 is 0 Å². The minimum atomic E-state index is -0.260. The van der Waals surface area contributed by atoms with Gasteiger partial charge in [0, 0.05) is 17.6 Å². The molecule has 1 amide bonds. The first-order chi connectivity index (χ1) is 9.22. The maximum atomic E-state index is 12.0. The van der Waals surface area contributed by atoms with Crippen molar-refractivity contribution in [3.8, 4) is 6.07 Å². The Bertz CT molecular complexity index is 632. The first-order valence-corrected chi connectivity index (χ1v) is 6.09. The zero-order valence-corrected chi connectivity index (χ0v) is 10.7. The molecule has 0 aliphatic carbocycles. The van der Waals surface area contributed by atoms with Crippen LogP contribution in [0.3, 0.4) is 0 Å². The number of nitrogens with one attached hydrogen (secondary N) is 1. The topological polar surface area (TPSA) is 65.8 Å². The van der Waals surface area contributed by atoms with E-state index in [2.05, 4.69) is 10.3 Å². The lowest BCUT2D eigenvalue weighted by Crippen LogP contribution is -2.13. The van der Waals surface area contributed by atoms with Crippen molar-refractivity contribution in [2.75, 3.05) is 5.32 Å². The van der Waals surface area contributed by atoms with Gasteiger partial charge in [-0.05, 0) is 29.8 Å². The fourth-order valence-electron chi connectivity index (χ4n) is 1.52. The molecule has 1 aromatic heterocycles. The van der Waals surface area contributed by atoms with Crippen LogP contribution >= 0.6 is 11.6 Å². The third-order valence-corrected chi connectivity index (χ3v) is 2.79. The van der Waals surface area contributed by atoms with Gasteiger partial charge < -0.3 is 5.32 Å². The summed E-state index contributed by atoms with van der Waals surface area (Å²) in [4.78, 5) is 16.0. The molecule has 0 unspecified atom stereocenters. The first kappa shape index (κ1) is 13.1. The molecule has 0 fully saturated rings. The number of hydrogen-bond acceptors (Lipinski definition) is 3. The molecule has 4 nitrogen and oxygen atoms in total. The van der Waals surface area contributed by atoms with Gasteiger partial charge in [0.15, 0.2) is 0 Å². The van der Waals surface area contributed by atoms with E-state index in [0.29, 0.717) is 22.8 Å². The standard InChI is InChI=1S/C14H10ClN3O/c15-7-10-2-1-3-12(6-10)14(19)18-13-5-4-11(8-16)9-17-13/h1-6,9H,7H2,(H,17,18,19). The number of anilines is 1. The number of alkyl halides is 1. The first-order valence-electron chi connectivity index (χ1n) is 5.55. The number of halogens is 1. The zero-order valence-electron chi connectivity index (χ0n) is 9.93. The lowest BCUT2D eigenvalue weighted by Gasteiger charge is -2.05. The highest BCUT2D eigenvalue weighted by Crippen LogP contribution is 2.11. The molecule has 94 valence electrons. The van der Waals surface area contributed by atoms with Gasteiger partial charge in [0.1, 0.15) is 11.9 Å². The predicted molar refractivity (Wildman–Crippen MR) is 72.9 cm³/mol. The monoisotopic (exact) mass is 271 g/mol. The molecule has 1 heterocycles. The van der Waals surface area contributed by atoms with Crippen LogP contribution in [0.15, 0.2) is 42.6 Å². The molecule has 0 aliphatic rings. The molecule has 0 radical (unpaired) electrons. The molecular formula is C14H10ClN3O. The van der Waals surface area contributed by atoms with Gasteiger partial charge in [0.25, 0.3) is 5.91 Å². The summed E-state index contributed by atoms with van der Waals surface area (Å²) in [6.45, 7) is 0. The molecule has 5 heteroatoms. The fraction of sp³-hybridized carbons (Fsp3) is 0.0714. The van der Waals surface area contributed by atoms with Crippen molar-refractivity contribution in [2.24, 2.45) is 0 Å². The van der Waals surface area contributed by atoms with Gasteiger partial charge in [-0.2, -0.15) is 5.26 Å². The highest BCUT2D eigenvalue weighted by atomic mass is 35.5. The van der Waals surface area contributed by atoms with E-state index in [-0.39, 0.29) is 5.91 Å².